The van der Waals surface area contributed by atoms with E-state index in [4.69, 9.17) is 4.74 Å². The van der Waals surface area contributed by atoms with Gasteiger partial charge in [0.05, 0.1) is 29.5 Å². The number of aryl methyl sites for hydroxylation is 1. The normalized spacial score (nSPS) is 17.7. The quantitative estimate of drug-likeness (QED) is 0.677. The van der Waals surface area contributed by atoms with Crippen LogP contribution in [0.5, 0.6) is 0 Å². The minimum atomic E-state index is -3.66. The molecule has 32 heavy (non-hydrogen) atoms. The zero-order valence-electron chi connectivity index (χ0n) is 18.3. The zero-order valence-corrected chi connectivity index (χ0v) is 19.1. The molecule has 0 aromatic heterocycles. The summed E-state index contributed by atoms with van der Waals surface area (Å²) < 4.78 is 33.0. The van der Waals surface area contributed by atoms with Gasteiger partial charge in [-0.1, -0.05) is 29.8 Å². The molecule has 2 fully saturated rings. The highest BCUT2D eigenvalue weighted by Gasteiger charge is 2.28. The molecule has 0 aliphatic carbocycles. The summed E-state index contributed by atoms with van der Waals surface area (Å²) in [5, 5.41) is 2.91. The van der Waals surface area contributed by atoms with E-state index in [9.17, 15) is 13.2 Å². The third kappa shape index (κ3) is 5.20. The van der Waals surface area contributed by atoms with Crippen LogP contribution >= 0.6 is 0 Å². The molecule has 170 valence electrons. The van der Waals surface area contributed by atoms with Gasteiger partial charge in [-0.25, -0.2) is 8.42 Å². The second-order valence-electron chi connectivity index (χ2n) is 8.13. The van der Waals surface area contributed by atoms with Crippen LogP contribution in [0.2, 0.25) is 0 Å². The summed E-state index contributed by atoms with van der Waals surface area (Å²) in [5.41, 5.74) is 3.41. The van der Waals surface area contributed by atoms with Crippen molar-refractivity contribution in [3.8, 4) is 0 Å². The molecule has 0 saturated carbocycles. The molecule has 2 aromatic rings. The van der Waals surface area contributed by atoms with E-state index in [-0.39, 0.29) is 10.8 Å². The number of nitrogens with zero attached hydrogens (tertiary/aromatic N) is 2. The summed E-state index contributed by atoms with van der Waals surface area (Å²) in [7, 11) is -3.66. The molecule has 0 spiro atoms. The third-order valence-electron chi connectivity index (χ3n) is 5.75. The molecule has 4 rings (SSSR count). The molecular formula is C24H29N3O4S. The Labute approximate surface area is 189 Å². The molecule has 1 amide bonds. The minimum Gasteiger partial charge on any atom is -0.379 e. The maximum Gasteiger partial charge on any atom is 0.248 e. The molecule has 7 nitrogen and oxygen atoms in total. The first-order valence-corrected chi connectivity index (χ1v) is 12.4. The van der Waals surface area contributed by atoms with Crippen molar-refractivity contribution in [1.82, 2.24) is 4.31 Å². The van der Waals surface area contributed by atoms with E-state index < -0.39 is 10.0 Å². The number of rotatable bonds is 6. The first-order chi connectivity index (χ1) is 15.4. The van der Waals surface area contributed by atoms with Gasteiger partial charge in [0, 0.05) is 32.3 Å². The number of amides is 1. The summed E-state index contributed by atoms with van der Waals surface area (Å²) in [4.78, 5) is 15.1. The Morgan fingerprint density at radius 1 is 1.03 bits per heavy atom. The lowest BCUT2D eigenvalue weighted by molar-refractivity contribution is -0.111. The Balaban J connectivity index is 1.60. The van der Waals surface area contributed by atoms with Crippen LogP contribution in [0.1, 0.15) is 24.0 Å². The van der Waals surface area contributed by atoms with Crippen molar-refractivity contribution in [3.05, 3.63) is 59.7 Å². The average Bonchev–Trinajstić information content (AvgIpc) is 3.33. The van der Waals surface area contributed by atoms with E-state index in [1.54, 1.807) is 24.3 Å². The summed E-state index contributed by atoms with van der Waals surface area (Å²) >= 11 is 0. The van der Waals surface area contributed by atoms with Crippen LogP contribution in [0.25, 0.3) is 6.08 Å². The van der Waals surface area contributed by atoms with Crippen LogP contribution < -0.4 is 10.2 Å². The third-order valence-corrected chi connectivity index (χ3v) is 7.64. The second kappa shape index (κ2) is 9.85. The first kappa shape index (κ1) is 22.5. The van der Waals surface area contributed by atoms with E-state index in [1.807, 2.05) is 31.2 Å². The van der Waals surface area contributed by atoms with E-state index >= 15 is 0 Å². The highest BCUT2D eigenvalue weighted by atomic mass is 32.2. The number of sulfonamides is 1. The van der Waals surface area contributed by atoms with Crippen molar-refractivity contribution < 1.29 is 17.9 Å². The van der Waals surface area contributed by atoms with Gasteiger partial charge >= 0.3 is 0 Å². The Morgan fingerprint density at radius 3 is 2.50 bits per heavy atom. The molecule has 2 aliphatic heterocycles. The van der Waals surface area contributed by atoms with E-state index in [0.29, 0.717) is 32.0 Å². The van der Waals surface area contributed by atoms with Crippen LogP contribution in [0, 0.1) is 6.92 Å². The number of anilines is 2. The van der Waals surface area contributed by atoms with Crippen molar-refractivity contribution in [2.75, 3.05) is 49.6 Å². The van der Waals surface area contributed by atoms with Gasteiger partial charge in [-0.2, -0.15) is 4.31 Å². The highest BCUT2D eigenvalue weighted by molar-refractivity contribution is 7.89. The van der Waals surface area contributed by atoms with Crippen LogP contribution in [0.4, 0.5) is 11.4 Å². The summed E-state index contributed by atoms with van der Waals surface area (Å²) in [6.07, 6.45) is 5.39. The summed E-state index contributed by atoms with van der Waals surface area (Å²) in [5.74, 6) is -0.298. The molecule has 0 bridgehead atoms. The van der Waals surface area contributed by atoms with E-state index in [1.165, 1.54) is 10.4 Å². The summed E-state index contributed by atoms with van der Waals surface area (Å²) in [6.45, 7) is 5.21. The fraction of sp³-hybridized carbons (Fsp3) is 0.375. The number of carbonyl (C=O) groups is 1. The highest BCUT2D eigenvalue weighted by Crippen LogP contribution is 2.32. The summed E-state index contributed by atoms with van der Waals surface area (Å²) in [6, 6.07) is 12.9. The van der Waals surface area contributed by atoms with Gasteiger partial charge in [-0.15, -0.1) is 0 Å². The van der Waals surface area contributed by atoms with Gasteiger partial charge in [0.2, 0.25) is 15.9 Å². The largest absolute Gasteiger partial charge is 0.379 e. The molecule has 2 aliphatic rings. The smallest absolute Gasteiger partial charge is 0.248 e. The van der Waals surface area contributed by atoms with Crippen molar-refractivity contribution in [2.45, 2.75) is 24.7 Å². The lowest BCUT2D eigenvalue weighted by Gasteiger charge is -2.27. The Kier molecular flexibility index (Phi) is 6.93. The molecular weight excluding hydrogens is 426 g/mol. The molecule has 8 heteroatoms. The van der Waals surface area contributed by atoms with Gasteiger partial charge in [-0.05, 0) is 49.6 Å². The fourth-order valence-electron chi connectivity index (χ4n) is 4.07. The fourth-order valence-corrected chi connectivity index (χ4v) is 5.50. The molecule has 1 N–H and O–H groups in total. The van der Waals surface area contributed by atoms with Crippen molar-refractivity contribution in [3.63, 3.8) is 0 Å². The van der Waals surface area contributed by atoms with Gasteiger partial charge in [-0.3, -0.25) is 4.79 Å². The zero-order chi connectivity index (χ0) is 22.6. The standard InChI is InChI=1S/C24H29N3O4S/c1-19-5-4-6-20(17-19)7-10-24(28)25-22-18-21(8-9-23(22)26-11-2-3-12-26)32(29,30)27-13-15-31-16-14-27/h4-10,17-18H,2-3,11-16H2,1H3,(H,25,28)/b10-7+. The average molecular weight is 456 g/mol. The number of benzene rings is 2. The SMILES string of the molecule is Cc1cccc(/C=C/C(=O)Nc2cc(S(=O)(=O)N3CCOCC3)ccc2N2CCCC2)c1. The van der Waals surface area contributed by atoms with Gasteiger partial charge in [0.25, 0.3) is 0 Å². The van der Waals surface area contributed by atoms with Crippen molar-refractivity contribution in [2.24, 2.45) is 0 Å². The Hall–Kier alpha value is -2.68. The van der Waals surface area contributed by atoms with Gasteiger partial charge in [0.1, 0.15) is 0 Å². The van der Waals surface area contributed by atoms with E-state index in [2.05, 4.69) is 10.2 Å². The van der Waals surface area contributed by atoms with Crippen LogP contribution in [-0.4, -0.2) is 58.0 Å². The predicted molar refractivity (Wildman–Crippen MR) is 126 cm³/mol. The lowest BCUT2D eigenvalue weighted by Crippen LogP contribution is -2.40. The topological polar surface area (TPSA) is 79.0 Å². The monoisotopic (exact) mass is 455 g/mol. The molecule has 2 heterocycles. The molecule has 0 radical (unpaired) electrons. The first-order valence-electron chi connectivity index (χ1n) is 11.0. The minimum absolute atomic E-state index is 0.181. The molecule has 0 unspecified atom stereocenters. The number of carbonyl (C=O) groups excluding carboxylic acids is 1. The van der Waals surface area contributed by atoms with Crippen molar-refractivity contribution in [1.29, 1.82) is 0 Å². The van der Waals surface area contributed by atoms with Gasteiger partial charge in [0.15, 0.2) is 0 Å². The van der Waals surface area contributed by atoms with Crippen LogP contribution in [-0.2, 0) is 19.6 Å². The number of ether oxygens (including phenoxy) is 1. The van der Waals surface area contributed by atoms with Crippen LogP contribution in [0.15, 0.2) is 53.4 Å². The van der Waals surface area contributed by atoms with Crippen molar-refractivity contribution >= 4 is 33.4 Å². The number of hydrogen-bond acceptors (Lipinski definition) is 5. The number of nitrogens with one attached hydrogen (secondary N) is 1. The maximum absolute atomic E-state index is 13.1. The Bertz CT molecular complexity index is 1100. The Morgan fingerprint density at radius 2 is 1.78 bits per heavy atom. The maximum atomic E-state index is 13.1. The molecule has 2 saturated heterocycles. The number of hydrogen-bond donors (Lipinski definition) is 1. The van der Waals surface area contributed by atoms with Crippen LogP contribution in [0.3, 0.4) is 0 Å². The predicted octanol–water partition coefficient (Wildman–Crippen LogP) is 3.27. The molecule has 2 aromatic carbocycles. The molecule has 0 atom stereocenters. The lowest BCUT2D eigenvalue weighted by atomic mass is 10.1. The number of morpholine rings is 1. The van der Waals surface area contributed by atoms with Gasteiger partial charge < -0.3 is 15.0 Å². The van der Waals surface area contributed by atoms with E-state index in [0.717, 1.165) is 42.7 Å². The second-order valence-corrected chi connectivity index (χ2v) is 10.1.